The number of nitrogens with zero attached hydrogens (tertiary/aromatic N) is 2. The predicted molar refractivity (Wildman–Crippen MR) is 124 cm³/mol. The third-order valence-electron chi connectivity index (χ3n) is 5.04. The molecule has 0 atom stereocenters. The minimum atomic E-state index is 0.603. The van der Waals surface area contributed by atoms with Crippen molar-refractivity contribution < 1.29 is 9.47 Å². The maximum atomic E-state index is 5.93. The first-order valence-electron chi connectivity index (χ1n) is 10.7. The average molecular weight is 406 g/mol. The molecule has 0 aliphatic carbocycles. The van der Waals surface area contributed by atoms with E-state index in [0.717, 1.165) is 35.2 Å². The Kier molecular flexibility index (Phi) is 8.07. The summed E-state index contributed by atoms with van der Waals surface area (Å²) in [6.45, 7) is 3.01. The van der Waals surface area contributed by atoms with Crippen LogP contribution in [0.2, 0.25) is 0 Å². The summed E-state index contributed by atoms with van der Waals surface area (Å²) in [6.07, 6.45) is 7.59. The van der Waals surface area contributed by atoms with Gasteiger partial charge in [0.2, 0.25) is 0 Å². The lowest BCUT2D eigenvalue weighted by molar-refractivity contribution is 0.305. The van der Waals surface area contributed by atoms with Gasteiger partial charge in [-0.1, -0.05) is 51.2 Å². The Balaban J connectivity index is 1.60. The van der Waals surface area contributed by atoms with Crippen molar-refractivity contribution in [1.82, 2.24) is 0 Å². The van der Waals surface area contributed by atoms with Gasteiger partial charge < -0.3 is 15.2 Å². The molecule has 0 radical (unpaired) electrons. The van der Waals surface area contributed by atoms with Crippen LogP contribution in [-0.4, -0.2) is 13.7 Å². The molecule has 0 unspecified atom stereocenters. The maximum Gasteiger partial charge on any atom is 0.148 e. The zero-order valence-electron chi connectivity index (χ0n) is 17.9. The Morgan fingerprint density at radius 1 is 0.800 bits per heavy atom. The fourth-order valence-electron chi connectivity index (χ4n) is 3.32. The highest BCUT2D eigenvalue weighted by Gasteiger charge is 2.03. The monoisotopic (exact) mass is 405 g/mol. The van der Waals surface area contributed by atoms with Gasteiger partial charge in [-0.3, -0.25) is 0 Å². The average Bonchev–Trinajstić information content (AvgIpc) is 2.77. The molecular formula is C25H31N3O2. The third-order valence-corrected chi connectivity index (χ3v) is 5.04. The van der Waals surface area contributed by atoms with Crippen molar-refractivity contribution in [2.24, 2.45) is 10.2 Å². The van der Waals surface area contributed by atoms with Crippen LogP contribution < -0.4 is 15.2 Å². The molecule has 5 heteroatoms. The summed E-state index contributed by atoms with van der Waals surface area (Å²) in [4.78, 5) is 0. The van der Waals surface area contributed by atoms with E-state index in [2.05, 4.69) is 29.3 Å². The van der Waals surface area contributed by atoms with E-state index in [0.29, 0.717) is 17.1 Å². The van der Waals surface area contributed by atoms with Crippen LogP contribution in [-0.2, 0) is 0 Å². The van der Waals surface area contributed by atoms with Gasteiger partial charge in [-0.2, -0.15) is 5.11 Å². The molecule has 0 saturated heterocycles. The van der Waals surface area contributed by atoms with Crippen LogP contribution in [0, 0.1) is 0 Å². The van der Waals surface area contributed by atoms with Crippen LogP contribution >= 0.6 is 0 Å². The maximum absolute atomic E-state index is 5.93. The molecule has 0 heterocycles. The quantitative estimate of drug-likeness (QED) is 0.203. The summed E-state index contributed by atoms with van der Waals surface area (Å²) >= 11 is 0. The van der Waals surface area contributed by atoms with Crippen molar-refractivity contribution in [3.63, 3.8) is 0 Å². The molecule has 0 saturated carbocycles. The van der Waals surface area contributed by atoms with Crippen LogP contribution in [0.5, 0.6) is 11.5 Å². The molecule has 3 rings (SSSR count). The summed E-state index contributed by atoms with van der Waals surface area (Å²) in [5.74, 6) is 1.52. The number of azo groups is 1. The molecule has 0 aliphatic rings. The van der Waals surface area contributed by atoms with Crippen molar-refractivity contribution in [3.8, 4) is 11.5 Å². The van der Waals surface area contributed by atoms with E-state index in [1.54, 1.807) is 25.3 Å². The minimum absolute atomic E-state index is 0.603. The number of benzene rings is 3. The summed E-state index contributed by atoms with van der Waals surface area (Å²) in [5, 5.41) is 10.9. The lowest BCUT2D eigenvalue weighted by Crippen LogP contribution is -1.97. The molecule has 0 fully saturated rings. The first kappa shape index (κ1) is 21.6. The first-order chi connectivity index (χ1) is 14.7. The van der Waals surface area contributed by atoms with Gasteiger partial charge in [0, 0.05) is 11.8 Å². The number of unbranched alkanes of at least 4 members (excludes halogenated alkanes) is 5. The normalized spacial score (nSPS) is 11.3. The summed E-state index contributed by atoms with van der Waals surface area (Å²) < 4.78 is 11.2. The Morgan fingerprint density at radius 3 is 2.40 bits per heavy atom. The summed E-state index contributed by atoms with van der Waals surface area (Å²) in [6, 6.07) is 17.5. The van der Waals surface area contributed by atoms with Crippen molar-refractivity contribution in [3.05, 3.63) is 54.6 Å². The zero-order chi connectivity index (χ0) is 21.2. The van der Waals surface area contributed by atoms with E-state index < -0.39 is 0 Å². The van der Waals surface area contributed by atoms with Crippen LogP contribution in [0.3, 0.4) is 0 Å². The van der Waals surface area contributed by atoms with Crippen molar-refractivity contribution >= 4 is 27.8 Å². The Labute approximate surface area is 178 Å². The van der Waals surface area contributed by atoms with Gasteiger partial charge in [0.25, 0.3) is 0 Å². The van der Waals surface area contributed by atoms with Crippen LogP contribution in [0.25, 0.3) is 10.8 Å². The van der Waals surface area contributed by atoms with Crippen LogP contribution in [0.4, 0.5) is 17.1 Å². The largest absolute Gasteiger partial charge is 0.494 e. The van der Waals surface area contributed by atoms with Crippen molar-refractivity contribution in [1.29, 1.82) is 0 Å². The third kappa shape index (κ3) is 6.21. The molecule has 30 heavy (non-hydrogen) atoms. The Morgan fingerprint density at radius 2 is 1.57 bits per heavy atom. The predicted octanol–water partition coefficient (Wildman–Crippen LogP) is 7.59. The second-order valence-corrected chi connectivity index (χ2v) is 7.44. The molecule has 3 aromatic rings. The number of methoxy groups -OCH3 is 1. The second-order valence-electron chi connectivity index (χ2n) is 7.44. The lowest BCUT2D eigenvalue weighted by Gasteiger charge is -2.08. The molecule has 0 amide bonds. The van der Waals surface area contributed by atoms with Crippen molar-refractivity contribution in [2.75, 3.05) is 19.5 Å². The molecule has 0 aliphatic heterocycles. The molecule has 5 nitrogen and oxygen atoms in total. The second kappa shape index (κ2) is 11.2. The van der Waals surface area contributed by atoms with Gasteiger partial charge in [-0.15, -0.1) is 5.11 Å². The molecular weight excluding hydrogens is 374 g/mol. The standard InChI is InChI=1S/C25H31N3O2/c1-3-4-5-6-7-8-15-30-23-13-10-19-16-22(12-9-20(19)17-23)27-28-24-14-11-21(26)18-25(24)29-2/h9-14,16-18H,3-8,15,26H2,1-2H3. The van der Waals surface area contributed by atoms with Gasteiger partial charge in [-0.05, 0) is 53.6 Å². The number of ether oxygens (including phenoxy) is 2. The number of hydrogen-bond acceptors (Lipinski definition) is 5. The molecule has 0 bridgehead atoms. The fourth-order valence-corrected chi connectivity index (χ4v) is 3.32. The van der Waals surface area contributed by atoms with Crippen molar-refractivity contribution in [2.45, 2.75) is 45.4 Å². The number of anilines is 1. The summed E-state index contributed by atoms with van der Waals surface area (Å²) in [7, 11) is 1.59. The molecule has 0 spiro atoms. The van der Waals surface area contributed by atoms with Crippen LogP contribution in [0.1, 0.15) is 45.4 Å². The molecule has 3 aromatic carbocycles. The minimum Gasteiger partial charge on any atom is -0.494 e. The van der Waals surface area contributed by atoms with E-state index in [1.165, 1.54) is 32.1 Å². The SMILES string of the molecule is CCCCCCCCOc1ccc2cc(N=Nc3ccc(N)cc3OC)ccc2c1. The highest BCUT2D eigenvalue weighted by atomic mass is 16.5. The number of hydrogen-bond donors (Lipinski definition) is 1. The zero-order valence-corrected chi connectivity index (χ0v) is 17.9. The van der Waals surface area contributed by atoms with E-state index >= 15 is 0 Å². The van der Waals surface area contributed by atoms with E-state index in [1.807, 2.05) is 24.3 Å². The number of nitrogen functional groups attached to an aromatic ring is 1. The fraction of sp³-hybridized carbons (Fsp3) is 0.360. The highest BCUT2D eigenvalue weighted by Crippen LogP contribution is 2.32. The smallest absolute Gasteiger partial charge is 0.148 e. The van der Waals surface area contributed by atoms with Gasteiger partial charge >= 0.3 is 0 Å². The van der Waals surface area contributed by atoms with Gasteiger partial charge in [-0.25, -0.2) is 0 Å². The van der Waals surface area contributed by atoms with E-state index in [-0.39, 0.29) is 0 Å². The van der Waals surface area contributed by atoms with E-state index in [9.17, 15) is 0 Å². The Bertz CT molecular complexity index is 985. The van der Waals surface area contributed by atoms with Gasteiger partial charge in [0.15, 0.2) is 0 Å². The van der Waals surface area contributed by atoms with Gasteiger partial charge in [0.05, 0.1) is 19.4 Å². The first-order valence-corrected chi connectivity index (χ1v) is 10.7. The number of nitrogens with two attached hydrogens (primary N) is 1. The topological polar surface area (TPSA) is 69.2 Å². The van der Waals surface area contributed by atoms with E-state index in [4.69, 9.17) is 15.2 Å². The van der Waals surface area contributed by atoms with Crippen LogP contribution in [0.15, 0.2) is 64.8 Å². The number of rotatable bonds is 11. The van der Waals surface area contributed by atoms with Gasteiger partial charge in [0.1, 0.15) is 17.2 Å². The highest BCUT2D eigenvalue weighted by molar-refractivity contribution is 5.86. The summed E-state index contributed by atoms with van der Waals surface area (Å²) in [5.41, 5.74) is 7.84. The number of fused-ring (bicyclic) bond motifs is 1. The molecule has 158 valence electrons. The molecule has 2 N–H and O–H groups in total. The molecule has 0 aromatic heterocycles. The Hall–Kier alpha value is -3.08. The lowest BCUT2D eigenvalue weighted by atomic mass is 10.1.